The zero-order valence-corrected chi connectivity index (χ0v) is 19.8. The van der Waals surface area contributed by atoms with E-state index in [0.717, 1.165) is 57.3 Å². The Morgan fingerprint density at radius 1 is 1.15 bits per heavy atom. The van der Waals surface area contributed by atoms with Crippen LogP contribution in [-0.4, -0.2) is 45.7 Å². The van der Waals surface area contributed by atoms with Crippen LogP contribution < -0.4 is 10.6 Å². The van der Waals surface area contributed by atoms with E-state index < -0.39 is 11.7 Å². The van der Waals surface area contributed by atoms with Gasteiger partial charge in [0.1, 0.15) is 0 Å². The number of benzene rings is 1. The first kappa shape index (κ1) is 24.8. The van der Waals surface area contributed by atoms with Crippen LogP contribution in [-0.2, 0) is 22.3 Å². The van der Waals surface area contributed by atoms with Gasteiger partial charge in [0.15, 0.2) is 11.0 Å². The van der Waals surface area contributed by atoms with E-state index in [0.29, 0.717) is 23.2 Å². The number of nitrogens with one attached hydrogen (secondary N) is 2. The van der Waals surface area contributed by atoms with Crippen molar-refractivity contribution in [3.63, 3.8) is 0 Å². The molecule has 11 heteroatoms. The van der Waals surface area contributed by atoms with Crippen LogP contribution in [0.4, 0.5) is 18.9 Å². The molecule has 7 nitrogen and oxygen atoms in total. The number of hydrogen-bond acceptors (Lipinski definition) is 6. The molecule has 34 heavy (non-hydrogen) atoms. The minimum atomic E-state index is -4.39. The Morgan fingerprint density at radius 2 is 1.97 bits per heavy atom. The maximum absolute atomic E-state index is 13.0. The Balaban J connectivity index is 1.41. The highest BCUT2D eigenvalue weighted by Gasteiger charge is 2.30. The van der Waals surface area contributed by atoms with Gasteiger partial charge in [-0.2, -0.15) is 13.2 Å². The minimum Gasteiger partial charge on any atom is -0.378 e. The van der Waals surface area contributed by atoms with E-state index in [1.54, 1.807) is 6.07 Å². The molecule has 1 unspecified atom stereocenters. The normalized spacial score (nSPS) is 19.3. The Hall–Kier alpha value is -2.27. The van der Waals surface area contributed by atoms with Crippen molar-refractivity contribution in [1.29, 1.82) is 0 Å². The lowest BCUT2D eigenvalue weighted by molar-refractivity contribution is -0.137. The molecule has 1 aromatic carbocycles. The number of alkyl halides is 3. The molecule has 4 rings (SSSR count). The zero-order valence-electron chi connectivity index (χ0n) is 18.9. The summed E-state index contributed by atoms with van der Waals surface area (Å²) in [5.41, 5.74) is -0.327. The molecule has 0 bridgehead atoms. The third-order valence-electron chi connectivity index (χ3n) is 6.20. The monoisotopic (exact) mass is 497 g/mol. The molecule has 0 radical (unpaired) electrons. The van der Waals surface area contributed by atoms with E-state index >= 15 is 0 Å². The second-order valence-corrected chi connectivity index (χ2v) is 9.66. The van der Waals surface area contributed by atoms with Gasteiger partial charge in [0.05, 0.1) is 24.0 Å². The highest BCUT2D eigenvalue weighted by molar-refractivity contribution is 7.99. The number of carbonyl (C=O) groups excluding carboxylic acids is 1. The van der Waals surface area contributed by atoms with Gasteiger partial charge in [0, 0.05) is 24.9 Å². The van der Waals surface area contributed by atoms with E-state index in [-0.39, 0.29) is 30.4 Å². The molecule has 0 spiro atoms. The average molecular weight is 498 g/mol. The lowest BCUT2D eigenvalue weighted by atomic mass is 9.95. The van der Waals surface area contributed by atoms with Crippen LogP contribution in [0.3, 0.4) is 0 Å². The fraction of sp³-hybridized carbons (Fsp3) is 0.609. The lowest BCUT2D eigenvalue weighted by Crippen LogP contribution is -2.33. The molecule has 1 aliphatic heterocycles. The summed E-state index contributed by atoms with van der Waals surface area (Å²) in [4.78, 5) is 12.3. The maximum Gasteiger partial charge on any atom is 0.416 e. The number of rotatable bonds is 9. The van der Waals surface area contributed by atoms with Crippen molar-refractivity contribution in [1.82, 2.24) is 20.1 Å². The van der Waals surface area contributed by atoms with E-state index in [9.17, 15) is 18.0 Å². The minimum absolute atomic E-state index is 0.0812. The smallest absolute Gasteiger partial charge is 0.378 e. The summed E-state index contributed by atoms with van der Waals surface area (Å²) >= 11 is 1.34. The van der Waals surface area contributed by atoms with E-state index in [1.807, 2.05) is 0 Å². The predicted octanol–water partition coefficient (Wildman–Crippen LogP) is 4.80. The van der Waals surface area contributed by atoms with Crippen molar-refractivity contribution in [2.75, 3.05) is 24.2 Å². The van der Waals surface area contributed by atoms with E-state index in [2.05, 4.69) is 25.4 Å². The Bertz CT molecular complexity index is 956. The first-order chi connectivity index (χ1) is 16.4. The van der Waals surface area contributed by atoms with Crippen molar-refractivity contribution in [3.8, 4) is 0 Å². The average Bonchev–Trinajstić information content (AvgIpc) is 3.50. The van der Waals surface area contributed by atoms with Gasteiger partial charge in [0.25, 0.3) is 0 Å². The SMILES string of the molecule is O=C(CSc1nnc(CNc2cccc(C(F)(F)F)c2)n1C1CCCCC1)NCC1CCCO1. The van der Waals surface area contributed by atoms with Crippen molar-refractivity contribution < 1.29 is 22.7 Å². The number of anilines is 1. The van der Waals surface area contributed by atoms with Crippen molar-refractivity contribution in [2.45, 2.75) is 75.0 Å². The number of thioether (sulfide) groups is 1. The molecule has 2 aromatic rings. The van der Waals surface area contributed by atoms with Crippen LogP contribution in [0, 0.1) is 0 Å². The molecule has 2 N–H and O–H groups in total. The van der Waals surface area contributed by atoms with Gasteiger partial charge < -0.3 is 19.9 Å². The summed E-state index contributed by atoms with van der Waals surface area (Å²) in [6.45, 7) is 1.51. The Labute approximate surface area is 201 Å². The zero-order chi connectivity index (χ0) is 24.0. The molecular formula is C23H30F3N5O2S. The lowest BCUT2D eigenvalue weighted by Gasteiger charge is -2.25. The molecule has 2 fully saturated rings. The van der Waals surface area contributed by atoms with Crippen molar-refractivity contribution in [2.24, 2.45) is 0 Å². The van der Waals surface area contributed by atoms with Crippen LogP contribution in [0.15, 0.2) is 29.4 Å². The number of halogens is 3. The number of aromatic nitrogens is 3. The molecule has 1 aromatic heterocycles. The number of nitrogens with zero attached hydrogens (tertiary/aromatic N) is 3. The fourth-order valence-corrected chi connectivity index (χ4v) is 5.29. The summed E-state index contributed by atoms with van der Waals surface area (Å²) in [7, 11) is 0. The molecule has 1 aliphatic carbocycles. The van der Waals surface area contributed by atoms with E-state index in [4.69, 9.17) is 4.74 Å². The molecule has 1 amide bonds. The maximum atomic E-state index is 13.0. The highest BCUT2D eigenvalue weighted by atomic mass is 32.2. The Morgan fingerprint density at radius 3 is 2.71 bits per heavy atom. The van der Waals surface area contributed by atoms with Gasteiger partial charge >= 0.3 is 6.18 Å². The topological polar surface area (TPSA) is 81.1 Å². The molecule has 186 valence electrons. The number of amides is 1. The molecule has 1 saturated heterocycles. The van der Waals surface area contributed by atoms with Crippen LogP contribution in [0.1, 0.15) is 62.4 Å². The molecule has 1 atom stereocenters. The molecule has 1 saturated carbocycles. The first-order valence-electron chi connectivity index (χ1n) is 11.8. The number of carbonyl (C=O) groups is 1. The van der Waals surface area contributed by atoms with Gasteiger partial charge in [0.2, 0.25) is 5.91 Å². The summed E-state index contributed by atoms with van der Waals surface area (Å²) in [6.07, 6.45) is 3.07. The largest absolute Gasteiger partial charge is 0.416 e. The number of ether oxygens (including phenoxy) is 1. The summed E-state index contributed by atoms with van der Waals surface area (Å²) in [6, 6.07) is 5.35. The number of hydrogen-bond donors (Lipinski definition) is 2. The quantitative estimate of drug-likeness (QED) is 0.485. The van der Waals surface area contributed by atoms with Gasteiger partial charge in [-0.1, -0.05) is 37.1 Å². The van der Waals surface area contributed by atoms with Gasteiger partial charge in [-0.3, -0.25) is 4.79 Å². The summed E-state index contributed by atoms with van der Waals surface area (Å²) < 4.78 is 46.7. The standard InChI is InChI=1S/C23H30F3N5O2S/c24-23(25,26)16-6-4-7-17(12-16)27-14-20-29-30-22(31(20)18-8-2-1-3-9-18)34-15-21(32)28-13-19-10-5-11-33-19/h4,6-7,12,18-19,27H,1-3,5,8-11,13-15H2,(H,28,32). The van der Waals surface area contributed by atoms with Crippen LogP contribution in [0.2, 0.25) is 0 Å². The van der Waals surface area contributed by atoms with Crippen LogP contribution in [0.5, 0.6) is 0 Å². The molecular weight excluding hydrogens is 467 g/mol. The third kappa shape index (κ3) is 6.65. The summed E-state index contributed by atoms with van der Waals surface area (Å²) in [5, 5.41) is 15.3. The second-order valence-electron chi connectivity index (χ2n) is 8.72. The highest BCUT2D eigenvalue weighted by Crippen LogP contribution is 2.33. The Kier molecular flexibility index (Phi) is 8.36. The van der Waals surface area contributed by atoms with E-state index in [1.165, 1.54) is 24.2 Å². The second kappa shape index (κ2) is 11.4. The molecule has 2 aliphatic rings. The van der Waals surface area contributed by atoms with Gasteiger partial charge in [-0.15, -0.1) is 10.2 Å². The third-order valence-corrected chi connectivity index (χ3v) is 7.14. The van der Waals surface area contributed by atoms with Crippen molar-refractivity contribution in [3.05, 3.63) is 35.7 Å². The predicted molar refractivity (Wildman–Crippen MR) is 124 cm³/mol. The fourth-order valence-electron chi connectivity index (χ4n) is 4.43. The molecule has 2 heterocycles. The first-order valence-corrected chi connectivity index (χ1v) is 12.7. The van der Waals surface area contributed by atoms with Gasteiger partial charge in [-0.05, 0) is 43.9 Å². The summed E-state index contributed by atoms with van der Waals surface area (Å²) in [5.74, 6) is 0.799. The van der Waals surface area contributed by atoms with Crippen molar-refractivity contribution >= 4 is 23.4 Å². The van der Waals surface area contributed by atoms with Crippen LogP contribution >= 0.6 is 11.8 Å². The van der Waals surface area contributed by atoms with Gasteiger partial charge in [-0.25, -0.2) is 0 Å². The van der Waals surface area contributed by atoms with Crippen LogP contribution in [0.25, 0.3) is 0 Å².